The summed E-state index contributed by atoms with van der Waals surface area (Å²) in [6.07, 6.45) is -1.72. The predicted molar refractivity (Wildman–Crippen MR) is 137 cm³/mol. The summed E-state index contributed by atoms with van der Waals surface area (Å²) in [7, 11) is 0. The van der Waals surface area contributed by atoms with Crippen LogP contribution in [0.5, 0.6) is 11.5 Å². The average molecular weight is 525 g/mol. The first-order valence-electron chi connectivity index (χ1n) is 12.5. The number of carbonyl (C=O) groups excluding carboxylic acids is 2. The number of aliphatic hydroxyl groups is 1. The third kappa shape index (κ3) is 6.93. The van der Waals surface area contributed by atoms with Gasteiger partial charge in [0.15, 0.2) is 11.9 Å². The Morgan fingerprint density at radius 2 is 1.79 bits per heavy atom. The van der Waals surface area contributed by atoms with Gasteiger partial charge in [-0.2, -0.15) is 0 Å². The van der Waals surface area contributed by atoms with E-state index in [0.717, 1.165) is 30.2 Å². The molecule has 0 fully saturated rings. The fourth-order valence-corrected chi connectivity index (χ4v) is 4.47. The Labute approximate surface area is 219 Å². The number of amides is 1. The Kier molecular flexibility index (Phi) is 8.70. The second-order valence-electron chi connectivity index (χ2n) is 9.38. The van der Waals surface area contributed by atoms with Crippen molar-refractivity contribution in [2.75, 3.05) is 6.54 Å². The molecule has 0 bridgehead atoms. The number of hydrogen-bond acceptors (Lipinski definition) is 6. The van der Waals surface area contributed by atoms with Crippen molar-refractivity contribution < 1.29 is 33.3 Å². The van der Waals surface area contributed by atoms with Gasteiger partial charge in [-0.25, -0.2) is 8.78 Å². The van der Waals surface area contributed by atoms with Gasteiger partial charge in [0.2, 0.25) is 0 Å². The number of aromatic hydroxyl groups is 1. The largest absolute Gasteiger partial charge is 0.508 e. The normalized spacial score (nSPS) is 16.3. The summed E-state index contributed by atoms with van der Waals surface area (Å²) in [4.78, 5) is 25.6. The summed E-state index contributed by atoms with van der Waals surface area (Å²) in [5.74, 6) is -2.57. The van der Waals surface area contributed by atoms with Crippen LogP contribution in [0.3, 0.4) is 0 Å². The fourth-order valence-electron chi connectivity index (χ4n) is 4.47. The van der Waals surface area contributed by atoms with Gasteiger partial charge < -0.3 is 25.6 Å². The molecule has 4 rings (SSSR count). The van der Waals surface area contributed by atoms with Gasteiger partial charge in [-0.1, -0.05) is 31.2 Å². The Morgan fingerprint density at radius 1 is 1.05 bits per heavy atom. The Hall–Kier alpha value is -3.82. The molecule has 3 atom stereocenters. The minimum atomic E-state index is -1.19. The zero-order chi connectivity index (χ0) is 27.2. The number of ketones is 1. The summed E-state index contributed by atoms with van der Waals surface area (Å²) in [6.45, 7) is 2.62. The summed E-state index contributed by atoms with van der Waals surface area (Å²) in [6, 6.07) is 14.1. The van der Waals surface area contributed by atoms with Crippen molar-refractivity contribution in [2.24, 2.45) is 0 Å². The number of rotatable bonds is 10. The lowest BCUT2D eigenvalue weighted by Gasteiger charge is -2.29. The molecule has 1 amide bonds. The highest BCUT2D eigenvalue weighted by Gasteiger charge is 2.34. The van der Waals surface area contributed by atoms with Gasteiger partial charge >= 0.3 is 0 Å². The molecule has 3 aromatic carbocycles. The van der Waals surface area contributed by atoms with Crippen molar-refractivity contribution in [3.05, 3.63) is 94.6 Å². The molecular formula is C29H30F2N2O5. The van der Waals surface area contributed by atoms with Gasteiger partial charge in [-0.15, -0.1) is 0 Å². The van der Waals surface area contributed by atoms with Crippen LogP contribution < -0.4 is 15.4 Å². The minimum Gasteiger partial charge on any atom is -0.508 e. The fraction of sp³-hybridized carbons (Fsp3) is 0.310. The monoisotopic (exact) mass is 524 g/mol. The number of fused-ring (bicyclic) bond motifs is 1. The standard InChI is InChI=1S/C29H30F2N2O5/c1-2-17-4-3-5-18(8-17)15-32-16-26(36)24(11-19-9-20(30)12-21(31)10-19)33-29(37)28-14-25(35)23-7-6-22(34)13-27(23)38-28/h3-10,12-13,24,26,28,32,34,36H,2,11,14-16H2,1H3,(H,33,37)/t24-,26-,28?/m0/s1. The molecule has 200 valence electrons. The van der Waals surface area contributed by atoms with Crippen molar-refractivity contribution in [2.45, 2.75) is 51.0 Å². The third-order valence-electron chi connectivity index (χ3n) is 6.45. The molecule has 0 saturated carbocycles. The maximum atomic E-state index is 13.8. The molecule has 38 heavy (non-hydrogen) atoms. The van der Waals surface area contributed by atoms with Gasteiger partial charge in [0.05, 0.1) is 24.1 Å². The highest BCUT2D eigenvalue weighted by Crippen LogP contribution is 2.31. The van der Waals surface area contributed by atoms with Crippen molar-refractivity contribution in [3.63, 3.8) is 0 Å². The van der Waals surface area contributed by atoms with E-state index < -0.39 is 35.8 Å². The van der Waals surface area contributed by atoms with E-state index >= 15 is 0 Å². The quantitative estimate of drug-likeness (QED) is 0.324. The van der Waals surface area contributed by atoms with Crippen LogP contribution in [-0.2, 0) is 24.2 Å². The van der Waals surface area contributed by atoms with Crippen LogP contribution in [0.2, 0.25) is 0 Å². The average Bonchev–Trinajstić information content (AvgIpc) is 2.87. The number of hydrogen-bond donors (Lipinski definition) is 4. The van der Waals surface area contributed by atoms with E-state index in [9.17, 15) is 28.6 Å². The van der Waals surface area contributed by atoms with E-state index in [0.29, 0.717) is 6.54 Å². The second kappa shape index (κ2) is 12.1. The summed E-state index contributed by atoms with van der Waals surface area (Å²) < 4.78 is 33.3. The van der Waals surface area contributed by atoms with E-state index in [-0.39, 0.29) is 47.8 Å². The van der Waals surface area contributed by atoms with Crippen LogP contribution in [-0.4, -0.2) is 46.7 Å². The first-order chi connectivity index (χ1) is 18.2. The maximum Gasteiger partial charge on any atom is 0.261 e. The topological polar surface area (TPSA) is 108 Å². The number of phenols is 1. The maximum absolute atomic E-state index is 13.8. The van der Waals surface area contributed by atoms with Gasteiger partial charge in [0, 0.05) is 25.2 Å². The van der Waals surface area contributed by atoms with Crippen molar-refractivity contribution in [1.29, 1.82) is 0 Å². The number of Topliss-reactive ketones (excluding diaryl/α,β-unsaturated/α-hetero) is 1. The van der Waals surface area contributed by atoms with Crippen LogP contribution in [0.1, 0.15) is 40.4 Å². The minimum absolute atomic E-state index is 0.0629. The van der Waals surface area contributed by atoms with Gasteiger partial charge in [0.25, 0.3) is 5.91 Å². The number of carbonyl (C=O) groups is 2. The Bertz CT molecular complexity index is 1300. The van der Waals surface area contributed by atoms with E-state index in [1.54, 1.807) is 0 Å². The molecule has 1 heterocycles. The lowest BCUT2D eigenvalue weighted by Crippen LogP contribution is -2.53. The molecule has 4 N–H and O–H groups in total. The molecule has 0 spiro atoms. The van der Waals surface area contributed by atoms with Gasteiger partial charge in [0.1, 0.15) is 23.1 Å². The summed E-state index contributed by atoms with van der Waals surface area (Å²) in [5.41, 5.74) is 2.72. The van der Waals surface area contributed by atoms with Gasteiger partial charge in [-0.05, 0) is 53.8 Å². The van der Waals surface area contributed by atoms with Crippen LogP contribution in [0.25, 0.3) is 0 Å². The first kappa shape index (κ1) is 27.2. The zero-order valence-corrected chi connectivity index (χ0v) is 20.9. The number of aliphatic hydroxyl groups excluding tert-OH is 1. The molecule has 7 nitrogen and oxygen atoms in total. The van der Waals surface area contributed by atoms with E-state index in [1.807, 2.05) is 18.2 Å². The number of ether oxygens (including phenoxy) is 1. The van der Waals surface area contributed by atoms with Crippen LogP contribution >= 0.6 is 0 Å². The number of halogens is 2. The van der Waals surface area contributed by atoms with Crippen LogP contribution in [0.15, 0.2) is 60.7 Å². The van der Waals surface area contributed by atoms with E-state index in [4.69, 9.17) is 4.74 Å². The third-order valence-corrected chi connectivity index (χ3v) is 6.45. The summed E-state index contributed by atoms with van der Waals surface area (Å²) in [5, 5.41) is 26.6. The SMILES string of the molecule is CCc1cccc(CNC[C@H](O)[C@H](Cc2cc(F)cc(F)c2)NC(=O)C2CC(=O)c3ccc(O)cc3O2)c1. The Balaban J connectivity index is 1.46. The molecule has 0 aromatic heterocycles. The number of phenolic OH excluding ortho intramolecular Hbond substituents is 1. The van der Waals surface area contributed by atoms with E-state index in [1.165, 1.54) is 23.8 Å². The number of aryl methyl sites for hydroxylation is 1. The zero-order valence-electron chi connectivity index (χ0n) is 20.9. The molecule has 0 radical (unpaired) electrons. The molecule has 3 aromatic rings. The molecular weight excluding hydrogens is 494 g/mol. The van der Waals surface area contributed by atoms with E-state index in [2.05, 4.69) is 23.6 Å². The molecule has 1 aliphatic rings. The van der Waals surface area contributed by atoms with Crippen molar-refractivity contribution >= 4 is 11.7 Å². The van der Waals surface area contributed by atoms with Crippen molar-refractivity contribution in [3.8, 4) is 11.5 Å². The lowest BCUT2D eigenvalue weighted by atomic mass is 9.98. The first-order valence-corrected chi connectivity index (χ1v) is 12.5. The molecule has 9 heteroatoms. The molecule has 0 aliphatic carbocycles. The highest BCUT2D eigenvalue weighted by atomic mass is 19.1. The molecule has 0 saturated heterocycles. The predicted octanol–water partition coefficient (Wildman–Crippen LogP) is 3.44. The summed E-state index contributed by atoms with van der Waals surface area (Å²) >= 11 is 0. The number of nitrogens with one attached hydrogen (secondary N) is 2. The second-order valence-corrected chi connectivity index (χ2v) is 9.38. The van der Waals surface area contributed by atoms with Gasteiger partial charge in [-0.3, -0.25) is 9.59 Å². The molecule has 1 aliphatic heterocycles. The smallest absolute Gasteiger partial charge is 0.261 e. The lowest BCUT2D eigenvalue weighted by molar-refractivity contribution is -0.129. The highest BCUT2D eigenvalue weighted by molar-refractivity contribution is 6.03. The van der Waals surface area contributed by atoms with Crippen LogP contribution in [0, 0.1) is 11.6 Å². The van der Waals surface area contributed by atoms with Crippen LogP contribution in [0.4, 0.5) is 8.78 Å². The molecule has 1 unspecified atom stereocenters. The Morgan fingerprint density at radius 3 is 2.53 bits per heavy atom. The number of benzene rings is 3. The van der Waals surface area contributed by atoms with Crippen molar-refractivity contribution in [1.82, 2.24) is 10.6 Å².